The van der Waals surface area contributed by atoms with Crippen LogP contribution in [-0.2, 0) is 9.59 Å². The molecule has 5 heterocycles. The van der Waals surface area contributed by atoms with Gasteiger partial charge in [0.15, 0.2) is 0 Å². The zero-order valence-corrected chi connectivity index (χ0v) is 19.4. The van der Waals surface area contributed by atoms with Crippen LogP contribution in [0.4, 0.5) is 5.95 Å². The lowest BCUT2D eigenvalue weighted by molar-refractivity contribution is -0.119. The number of rotatable bonds is 5. The first-order valence-electron chi connectivity index (χ1n) is 11.3. The third-order valence-corrected chi connectivity index (χ3v) is 6.15. The van der Waals surface area contributed by atoms with E-state index in [1.54, 1.807) is 16.7 Å². The van der Waals surface area contributed by atoms with Gasteiger partial charge in [-0.15, -0.1) is 0 Å². The first-order chi connectivity index (χ1) is 17.3. The number of carbonyl (C=O) groups excluding carboxylic acids is 2. The van der Waals surface area contributed by atoms with Crippen molar-refractivity contribution in [1.29, 1.82) is 0 Å². The first-order valence-corrected chi connectivity index (χ1v) is 11.3. The number of piperidine rings is 1. The van der Waals surface area contributed by atoms with Crippen molar-refractivity contribution in [2.45, 2.75) is 25.8 Å². The Hall–Kier alpha value is -4.52. The number of aromatic amines is 1. The molecule has 184 valence electrons. The number of hydrogen-bond donors (Lipinski definition) is 3. The van der Waals surface area contributed by atoms with Crippen LogP contribution in [0.15, 0.2) is 40.3 Å². The monoisotopic (exact) mass is 489 g/mol. The van der Waals surface area contributed by atoms with Crippen molar-refractivity contribution in [3.63, 3.8) is 0 Å². The molecule has 36 heavy (non-hydrogen) atoms. The smallest absolute Gasteiger partial charge is 0.329 e. The van der Waals surface area contributed by atoms with Gasteiger partial charge in [-0.25, -0.2) is 19.7 Å². The fourth-order valence-corrected chi connectivity index (χ4v) is 4.54. The number of carbonyl (C=O) groups is 2. The Bertz CT molecular complexity index is 1600. The predicted octanol–water partition coefficient (Wildman–Crippen LogP) is 0.171. The molecule has 4 aromatic rings. The number of hydrogen-bond acceptors (Lipinski definition) is 9. The van der Waals surface area contributed by atoms with Gasteiger partial charge in [0.2, 0.25) is 17.8 Å². The van der Waals surface area contributed by atoms with E-state index in [4.69, 9.17) is 10.7 Å². The van der Waals surface area contributed by atoms with Crippen LogP contribution in [0, 0.1) is 0 Å². The molecule has 13 nitrogen and oxygen atoms in total. The van der Waals surface area contributed by atoms with E-state index in [1.807, 2.05) is 4.90 Å². The summed E-state index contributed by atoms with van der Waals surface area (Å²) in [5, 5.41) is 2.76. The van der Waals surface area contributed by atoms with E-state index < -0.39 is 17.2 Å². The zero-order valence-electron chi connectivity index (χ0n) is 19.4. The summed E-state index contributed by atoms with van der Waals surface area (Å²) < 4.78 is 1.58. The third kappa shape index (κ3) is 4.43. The van der Waals surface area contributed by atoms with Crippen LogP contribution in [0.5, 0.6) is 0 Å². The van der Waals surface area contributed by atoms with Gasteiger partial charge in [-0.3, -0.25) is 39.1 Å². The summed E-state index contributed by atoms with van der Waals surface area (Å²) in [6, 6.07) is 3.29. The first kappa shape index (κ1) is 23.2. The average molecular weight is 489 g/mol. The van der Waals surface area contributed by atoms with Crippen LogP contribution >= 0.6 is 0 Å². The molecule has 0 aliphatic carbocycles. The van der Waals surface area contributed by atoms with Crippen molar-refractivity contribution in [2.24, 2.45) is 5.73 Å². The van der Waals surface area contributed by atoms with Crippen LogP contribution in [0.2, 0.25) is 0 Å². The topological polar surface area (TPSA) is 182 Å². The molecule has 1 aliphatic rings. The highest BCUT2D eigenvalue weighted by Crippen LogP contribution is 2.28. The Labute approximate surface area is 203 Å². The van der Waals surface area contributed by atoms with Crippen LogP contribution in [-0.4, -0.2) is 65.8 Å². The number of pyridine rings is 2. The van der Waals surface area contributed by atoms with Crippen molar-refractivity contribution in [2.75, 3.05) is 25.0 Å². The van der Waals surface area contributed by atoms with Gasteiger partial charge in [0.25, 0.3) is 5.56 Å². The lowest BCUT2D eigenvalue weighted by atomic mass is 10.0. The second kappa shape index (κ2) is 9.26. The van der Waals surface area contributed by atoms with Crippen LogP contribution < -0.4 is 22.3 Å². The molecular formula is C23H23N9O4. The Morgan fingerprint density at radius 1 is 1.11 bits per heavy atom. The van der Waals surface area contributed by atoms with Gasteiger partial charge < -0.3 is 5.73 Å². The molecule has 4 N–H and O–H groups in total. The maximum atomic E-state index is 13.1. The Kier molecular flexibility index (Phi) is 5.98. The van der Waals surface area contributed by atoms with Crippen LogP contribution in [0.3, 0.4) is 0 Å². The predicted molar refractivity (Wildman–Crippen MR) is 131 cm³/mol. The Morgan fingerprint density at radius 2 is 1.83 bits per heavy atom. The van der Waals surface area contributed by atoms with Crippen LogP contribution in [0.25, 0.3) is 33.2 Å². The second-order valence-electron chi connectivity index (χ2n) is 8.66. The molecule has 2 amide bonds. The van der Waals surface area contributed by atoms with Gasteiger partial charge in [0.05, 0.1) is 28.7 Å². The minimum atomic E-state index is -0.540. The van der Waals surface area contributed by atoms with Gasteiger partial charge in [-0.05, 0) is 25.0 Å². The van der Waals surface area contributed by atoms with Gasteiger partial charge in [0, 0.05) is 50.2 Å². The van der Waals surface area contributed by atoms with Crippen molar-refractivity contribution in [1.82, 2.24) is 34.4 Å². The molecule has 1 saturated heterocycles. The SMILES string of the molecule is CC(=O)Nc1ncc(-c2ccc3ncc4c(=O)[nH]c(=O)n(C5CCN(CC(N)=O)CC5)c4c3n2)cn1. The molecule has 0 radical (unpaired) electrons. The quantitative estimate of drug-likeness (QED) is 0.329. The van der Waals surface area contributed by atoms with E-state index in [0.717, 1.165) is 0 Å². The van der Waals surface area contributed by atoms with Crippen molar-refractivity contribution in [3.05, 3.63) is 51.6 Å². The van der Waals surface area contributed by atoms with Gasteiger partial charge in [0.1, 0.15) is 5.52 Å². The molecule has 1 aliphatic heterocycles. The third-order valence-electron chi connectivity index (χ3n) is 6.15. The summed E-state index contributed by atoms with van der Waals surface area (Å²) in [6.07, 6.45) is 5.69. The molecule has 5 rings (SSSR count). The number of fused-ring (bicyclic) bond motifs is 3. The van der Waals surface area contributed by atoms with E-state index in [-0.39, 0.29) is 29.8 Å². The minimum Gasteiger partial charge on any atom is -0.369 e. The maximum absolute atomic E-state index is 13.1. The number of likely N-dealkylation sites (tertiary alicyclic amines) is 1. The van der Waals surface area contributed by atoms with E-state index in [0.29, 0.717) is 53.7 Å². The van der Waals surface area contributed by atoms with Crippen molar-refractivity contribution in [3.8, 4) is 11.3 Å². The molecule has 0 saturated carbocycles. The number of aromatic nitrogens is 6. The van der Waals surface area contributed by atoms with Crippen molar-refractivity contribution >= 4 is 39.7 Å². The number of nitrogens with zero attached hydrogens (tertiary/aromatic N) is 6. The molecule has 0 aromatic carbocycles. The molecule has 1 fully saturated rings. The summed E-state index contributed by atoms with van der Waals surface area (Å²) in [6.45, 7) is 2.69. The lowest BCUT2D eigenvalue weighted by Crippen LogP contribution is -2.42. The molecule has 0 atom stereocenters. The molecule has 4 aromatic heterocycles. The number of nitrogens with two attached hydrogens (primary N) is 1. The van der Waals surface area contributed by atoms with Crippen LogP contribution in [0.1, 0.15) is 25.8 Å². The number of nitrogens with one attached hydrogen (secondary N) is 2. The molecule has 0 bridgehead atoms. The maximum Gasteiger partial charge on any atom is 0.329 e. The molecular weight excluding hydrogens is 466 g/mol. The zero-order chi connectivity index (χ0) is 25.4. The number of H-pyrrole nitrogens is 1. The largest absolute Gasteiger partial charge is 0.369 e. The highest BCUT2D eigenvalue weighted by atomic mass is 16.2. The van der Waals surface area contributed by atoms with E-state index >= 15 is 0 Å². The molecule has 0 spiro atoms. The summed E-state index contributed by atoms with van der Waals surface area (Å²) in [7, 11) is 0. The van der Waals surface area contributed by atoms with Gasteiger partial charge in [-0.2, -0.15) is 0 Å². The van der Waals surface area contributed by atoms with E-state index in [2.05, 4.69) is 25.3 Å². The highest BCUT2D eigenvalue weighted by Gasteiger charge is 2.25. The summed E-state index contributed by atoms with van der Waals surface area (Å²) in [4.78, 5) is 70.0. The number of primary amides is 1. The fraction of sp³-hybridized carbons (Fsp3) is 0.304. The summed E-state index contributed by atoms with van der Waals surface area (Å²) in [5.41, 5.74) is 6.68. The van der Waals surface area contributed by atoms with E-state index in [9.17, 15) is 19.2 Å². The fourth-order valence-electron chi connectivity index (χ4n) is 4.54. The normalized spacial score (nSPS) is 14.8. The van der Waals surface area contributed by atoms with Gasteiger partial charge >= 0.3 is 5.69 Å². The molecule has 0 unspecified atom stereocenters. The number of amides is 2. The second-order valence-corrected chi connectivity index (χ2v) is 8.66. The average Bonchev–Trinajstić information content (AvgIpc) is 2.84. The lowest BCUT2D eigenvalue weighted by Gasteiger charge is -2.32. The van der Waals surface area contributed by atoms with Gasteiger partial charge in [-0.1, -0.05) is 0 Å². The minimum absolute atomic E-state index is 0.161. The Morgan fingerprint density at radius 3 is 2.50 bits per heavy atom. The van der Waals surface area contributed by atoms with E-state index in [1.165, 1.54) is 25.5 Å². The van der Waals surface area contributed by atoms with Crippen molar-refractivity contribution < 1.29 is 9.59 Å². The standard InChI is InChI=1S/C23H23N9O4/c1-12(33)28-22-26-8-13(9-27-22)16-2-3-17-19(29-16)20-15(10-25-17)21(35)30-23(36)32(20)14-4-6-31(7-5-14)11-18(24)34/h2-3,8-10,14H,4-7,11H2,1H3,(H2,24,34)(H,30,35,36)(H,26,27,28,33). The molecule has 13 heteroatoms. The number of anilines is 1. The Balaban J connectivity index is 1.62. The summed E-state index contributed by atoms with van der Waals surface area (Å²) >= 11 is 0. The summed E-state index contributed by atoms with van der Waals surface area (Å²) in [5.74, 6) is -0.516. The highest BCUT2D eigenvalue weighted by molar-refractivity contribution is 6.01.